The fraction of sp³-hybridized carbons (Fsp3) is 0.471. The molecule has 0 spiro atoms. The highest BCUT2D eigenvalue weighted by molar-refractivity contribution is 5.84. The number of hydrogen-bond donors (Lipinski definition) is 2. The van der Waals surface area contributed by atoms with E-state index in [0.29, 0.717) is 16.9 Å². The van der Waals surface area contributed by atoms with Gasteiger partial charge in [-0.1, -0.05) is 12.1 Å². The second-order valence-electron chi connectivity index (χ2n) is 6.17. The van der Waals surface area contributed by atoms with Gasteiger partial charge in [-0.3, -0.25) is 14.6 Å². The third kappa shape index (κ3) is 3.21. The average Bonchev–Trinajstić information content (AvgIpc) is 2.54. The molecule has 0 bridgehead atoms. The van der Waals surface area contributed by atoms with Crippen molar-refractivity contribution < 1.29 is 4.79 Å². The summed E-state index contributed by atoms with van der Waals surface area (Å²) in [5.41, 5.74) is 0.411. The van der Waals surface area contributed by atoms with Crippen molar-refractivity contribution in [3.05, 3.63) is 34.6 Å². The normalized spacial score (nSPS) is 19.6. The third-order valence-electron chi connectivity index (χ3n) is 4.42. The topological polar surface area (TPSA) is 78.1 Å². The van der Waals surface area contributed by atoms with E-state index >= 15 is 0 Å². The van der Waals surface area contributed by atoms with Crippen LogP contribution in [0.25, 0.3) is 10.9 Å². The van der Waals surface area contributed by atoms with E-state index in [-0.39, 0.29) is 17.5 Å². The van der Waals surface area contributed by atoms with Crippen LogP contribution in [0.2, 0.25) is 0 Å². The van der Waals surface area contributed by atoms with Crippen LogP contribution in [0.3, 0.4) is 0 Å². The second kappa shape index (κ2) is 6.40. The zero-order chi connectivity index (χ0) is 16.4. The lowest BCUT2D eigenvalue weighted by atomic mass is 10.0. The molecule has 2 heterocycles. The second-order valence-corrected chi connectivity index (χ2v) is 6.17. The number of nitrogens with zero attached hydrogens (tertiary/aromatic N) is 2. The zero-order valence-electron chi connectivity index (χ0n) is 13.5. The predicted molar refractivity (Wildman–Crippen MR) is 90.5 cm³/mol. The fourth-order valence-electron chi connectivity index (χ4n) is 3.10. The number of rotatable bonds is 3. The molecule has 1 aromatic heterocycles. The largest absolute Gasteiger partial charge is 0.344 e. The first-order chi connectivity index (χ1) is 11.1. The SMILES string of the molecule is CC(Nc1nc2ccccc2c(=O)[nH]1)C(=O)N1CCCCC1C. The van der Waals surface area contributed by atoms with Gasteiger partial charge in [0.1, 0.15) is 6.04 Å². The molecule has 1 aliphatic rings. The summed E-state index contributed by atoms with van der Waals surface area (Å²) in [6, 6.07) is 6.99. The van der Waals surface area contributed by atoms with Crippen molar-refractivity contribution in [2.24, 2.45) is 0 Å². The summed E-state index contributed by atoms with van der Waals surface area (Å²) in [7, 11) is 0. The van der Waals surface area contributed by atoms with Crippen LogP contribution < -0.4 is 10.9 Å². The summed E-state index contributed by atoms with van der Waals surface area (Å²) in [4.78, 5) is 33.7. The molecule has 2 unspecified atom stereocenters. The molecule has 1 fully saturated rings. The quantitative estimate of drug-likeness (QED) is 0.909. The number of hydrogen-bond acceptors (Lipinski definition) is 4. The van der Waals surface area contributed by atoms with E-state index in [0.717, 1.165) is 19.4 Å². The van der Waals surface area contributed by atoms with Crippen LogP contribution in [0.1, 0.15) is 33.1 Å². The van der Waals surface area contributed by atoms with E-state index in [4.69, 9.17) is 0 Å². The molecule has 6 heteroatoms. The van der Waals surface area contributed by atoms with Crippen LogP contribution in [0.4, 0.5) is 5.95 Å². The molecule has 1 saturated heterocycles. The molecule has 2 atom stereocenters. The standard InChI is InChI=1S/C17H22N4O2/c1-11-7-5-6-10-21(11)16(23)12(2)18-17-19-14-9-4-3-8-13(14)15(22)20-17/h3-4,8-9,11-12H,5-7,10H2,1-2H3,(H2,18,19,20,22). The minimum Gasteiger partial charge on any atom is -0.344 e. The lowest BCUT2D eigenvalue weighted by molar-refractivity contribution is -0.134. The van der Waals surface area contributed by atoms with Crippen LogP contribution in [-0.2, 0) is 4.79 Å². The van der Waals surface area contributed by atoms with Crippen LogP contribution in [0, 0.1) is 0 Å². The highest BCUT2D eigenvalue weighted by Crippen LogP contribution is 2.18. The van der Waals surface area contributed by atoms with Crippen molar-refractivity contribution in [3.63, 3.8) is 0 Å². The first-order valence-electron chi connectivity index (χ1n) is 8.12. The Bertz CT molecular complexity index is 771. The van der Waals surface area contributed by atoms with Gasteiger partial charge in [0.25, 0.3) is 5.56 Å². The van der Waals surface area contributed by atoms with E-state index in [1.165, 1.54) is 6.42 Å². The number of nitrogens with one attached hydrogen (secondary N) is 2. The molecule has 1 aromatic carbocycles. The number of carbonyl (C=O) groups is 1. The number of anilines is 1. The van der Waals surface area contributed by atoms with Gasteiger partial charge in [-0.05, 0) is 45.2 Å². The number of fused-ring (bicyclic) bond motifs is 1. The Hall–Kier alpha value is -2.37. The summed E-state index contributed by atoms with van der Waals surface area (Å²) < 4.78 is 0. The van der Waals surface area contributed by atoms with Gasteiger partial charge in [0.2, 0.25) is 11.9 Å². The number of para-hydroxylation sites is 1. The van der Waals surface area contributed by atoms with E-state index in [1.807, 2.05) is 11.0 Å². The van der Waals surface area contributed by atoms with Gasteiger partial charge >= 0.3 is 0 Å². The molecule has 23 heavy (non-hydrogen) atoms. The van der Waals surface area contributed by atoms with Crippen molar-refractivity contribution in [2.45, 2.75) is 45.2 Å². The van der Waals surface area contributed by atoms with Gasteiger partial charge < -0.3 is 10.2 Å². The summed E-state index contributed by atoms with van der Waals surface area (Å²) in [5, 5.41) is 3.58. The smallest absolute Gasteiger partial charge is 0.260 e. The zero-order valence-corrected chi connectivity index (χ0v) is 13.5. The van der Waals surface area contributed by atoms with E-state index < -0.39 is 6.04 Å². The predicted octanol–water partition coefficient (Wildman–Crippen LogP) is 2.12. The molecule has 1 amide bonds. The van der Waals surface area contributed by atoms with Crippen LogP contribution >= 0.6 is 0 Å². The van der Waals surface area contributed by atoms with Crippen LogP contribution in [0.5, 0.6) is 0 Å². The monoisotopic (exact) mass is 314 g/mol. The van der Waals surface area contributed by atoms with Gasteiger partial charge in [0.15, 0.2) is 0 Å². The Labute approximate surface area is 134 Å². The van der Waals surface area contributed by atoms with E-state index in [9.17, 15) is 9.59 Å². The molecular formula is C17H22N4O2. The first-order valence-corrected chi connectivity index (χ1v) is 8.12. The molecule has 6 nitrogen and oxygen atoms in total. The van der Waals surface area contributed by atoms with Gasteiger partial charge in [-0.2, -0.15) is 0 Å². The minimum absolute atomic E-state index is 0.0491. The van der Waals surface area contributed by atoms with Crippen molar-refractivity contribution >= 4 is 22.8 Å². The average molecular weight is 314 g/mol. The number of benzene rings is 1. The van der Waals surface area contributed by atoms with Gasteiger partial charge in [-0.15, -0.1) is 0 Å². The summed E-state index contributed by atoms with van der Waals surface area (Å²) in [6.07, 6.45) is 3.27. The molecule has 3 rings (SSSR count). The maximum absolute atomic E-state index is 12.6. The fourth-order valence-corrected chi connectivity index (χ4v) is 3.10. The van der Waals surface area contributed by atoms with Crippen molar-refractivity contribution in [1.82, 2.24) is 14.9 Å². The Morgan fingerprint density at radius 2 is 2.17 bits per heavy atom. The number of H-pyrrole nitrogens is 1. The van der Waals surface area contributed by atoms with Crippen molar-refractivity contribution in [1.29, 1.82) is 0 Å². The van der Waals surface area contributed by atoms with E-state index in [2.05, 4.69) is 22.2 Å². The van der Waals surface area contributed by atoms with E-state index in [1.54, 1.807) is 25.1 Å². The number of piperidine rings is 1. The van der Waals surface area contributed by atoms with Crippen molar-refractivity contribution in [2.75, 3.05) is 11.9 Å². The molecule has 0 saturated carbocycles. The Morgan fingerprint density at radius 1 is 1.39 bits per heavy atom. The van der Waals surface area contributed by atoms with Crippen LogP contribution in [-0.4, -0.2) is 39.4 Å². The summed E-state index contributed by atoms with van der Waals surface area (Å²) in [5.74, 6) is 0.382. The Balaban J connectivity index is 1.78. The first kappa shape index (κ1) is 15.5. The summed E-state index contributed by atoms with van der Waals surface area (Å²) >= 11 is 0. The molecule has 1 aliphatic heterocycles. The maximum atomic E-state index is 12.6. The number of likely N-dealkylation sites (tertiary alicyclic amines) is 1. The lowest BCUT2D eigenvalue weighted by Gasteiger charge is -2.35. The maximum Gasteiger partial charge on any atom is 0.260 e. The minimum atomic E-state index is -0.431. The number of aromatic nitrogens is 2. The van der Waals surface area contributed by atoms with Gasteiger partial charge in [0, 0.05) is 12.6 Å². The van der Waals surface area contributed by atoms with Crippen molar-refractivity contribution in [3.8, 4) is 0 Å². The molecule has 0 radical (unpaired) electrons. The number of amides is 1. The third-order valence-corrected chi connectivity index (χ3v) is 4.42. The Morgan fingerprint density at radius 3 is 2.96 bits per heavy atom. The van der Waals surface area contributed by atoms with Crippen LogP contribution in [0.15, 0.2) is 29.1 Å². The summed E-state index contributed by atoms with van der Waals surface area (Å²) in [6.45, 7) is 4.69. The highest BCUT2D eigenvalue weighted by Gasteiger charge is 2.27. The van der Waals surface area contributed by atoms with Gasteiger partial charge in [-0.25, -0.2) is 4.98 Å². The Kier molecular flexibility index (Phi) is 4.32. The molecule has 0 aliphatic carbocycles. The molecular weight excluding hydrogens is 292 g/mol. The number of carbonyl (C=O) groups excluding carboxylic acids is 1. The lowest BCUT2D eigenvalue weighted by Crippen LogP contribution is -2.48. The number of aromatic amines is 1. The molecule has 2 N–H and O–H groups in total. The molecule has 2 aromatic rings. The highest BCUT2D eigenvalue weighted by atomic mass is 16.2. The molecule has 122 valence electrons. The van der Waals surface area contributed by atoms with Gasteiger partial charge in [0.05, 0.1) is 10.9 Å².